The average Bonchev–Trinajstić information content (AvgIpc) is 3.11. The van der Waals surface area contributed by atoms with Crippen molar-refractivity contribution in [3.05, 3.63) is 23.3 Å². The molecule has 9 nitrogen and oxygen atoms in total. The van der Waals surface area contributed by atoms with E-state index in [1.54, 1.807) is 13.1 Å². The fourth-order valence-corrected chi connectivity index (χ4v) is 1.80. The average molecular weight is 405 g/mol. The standard InChI is InChI=1S/2C6H12N2.C6H10O.CH4O.H4N2.H2O/c1-3-6-5(2)4-7-8-6;1-3-4-6(2)5-8-7;1-3-4-6(2)5-7;2*1-2;/h4-6,8H,3H2,1-2H3;4-5H,3,7H2,1-2H3;4-5H,3H2,1-2H3;2H,1H3;1-2H2;1H2/b;6-4+,8-5-;6-4+;;;. The smallest absolute Gasteiger partial charge is 0.145 e. The van der Waals surface area contributed by atoms with Crippen LogP contribution >= 0.6 is 0 Å². The van der Waals surface area contributed by atoms with Gasteiger partial charge in [0, 0.05) is 25.5 Å². The van der Waals surface area contributed by atoms with Crippen molar-refractivity contribution in [2.45, 2.75) is 66.8 Å². The maximum absolute atomic E-state index is 9.83. The number of nitrogens with one attached hydrogen (secondary N) is 1. The second kappa shape index (κ2) is 32.6. The van der Waals surface area contributed by atoms with Gasteiger partial charge >= 0.3 is 0 Å². The molecule has 1 aliphatic heterocycles. The van der Waals surface area contributed by atoms with Gasteiger partial charge < -0.3 is 21.9 Å². The minimum Gasteiger partial charge on any atom is -0.412 e. The molecule has 0 amide bonds. The van der Waals surface area contributed by atoms with Crippen LogP contribution in [0.2, 0.25) is 0 Å². The number of aldehydes is 1. The largest absolute Gasteiger partial charge is 0.412 e. The molecule has 28 heavy (non-hydrogen) atoms. The maximum atomic E-state index is 9.83. The Morgan fingerprint density at radius 1 is 1.14 bits per heavy atom. The number of hydrazine groups is 1. The van der Waals surface area contributed by atoms with Gasteiger partial charge in [0.1, 0.15) is 6.29 Å². The molecule has 0 spiro atoms. The minimum atomic E-state index is 0. The molecule has 168 valence electrons. The van der Waals surface area contributed by atoms with Crippen LogP contribution in [0.1, 0.15) is 60.8 Å². The first-order valence-electron chi connectivity index (χ1n) is 9.05. The van der Waals surface area contributed by atoms with Gasteiger partial charge in [-0.3, -0.25) is 16.5 Å². The lowest BCUT2D eigenvalue weighted by molar-refractivity contribution is -0.104. The highest BCUT2D eigenvalue weighted by Crippen LogP contribution is 2.08. The van der Waals surface area contributed by atoms with Crippen molar-refractivity contribution in [3.8, 4) is 0 Å². The quantitative estimate of drug-likeness (QED) is 0.152. The minimum absolute atomic E-state index is 0. The lowest BCUT2D eigenvalue weighted by Gasteiger charge is -2.09. The van der Waals surface area contributed by atoms with Crippen molar-refractivity contribution in [3.63, 3.8) is 0 Å². The summed E-state index contributed by atoms with van der Waals surface area (Å²) >= 11 is 0. The van der Waals surface area contributed by atoms with Gasteiger partial charge in [-0.25, -0.2) is 0 Å². The van der Waals surface area contributed by atoms with Crippen molar-refractivity contribution >= 4 is 18.7 Å². The molecule has 1 aliphatic rings. The van der Waals surface area contributed by atoms with E-state index in [-0.39, 0.29) is 5.48 Å². The number of allylic oxidation sites excluding steroid dienone is 4. The molecule has 0 bridgehead atoms. The summed E-state index contributed by atoms with van der Waals surface area (Å²) in [4.78, 5) is 9.83. The first-order chi connectivity index (χ1) is 13.0. The van der Waals surface area contributed by atoms with E-state index in [2.05, 4.69) is 54.2 Å². The number of hydrogen-bond donors (Lipinski definition) is 5. The van der Waals surface area contributed by atoms with Crippen LogP contribution in [0.15, 0.2) is 33.5 Å². The normalized spacial score (nSPS) is 17.1. The van der Waals surface area contributed by atoms with Crippen LogP contribution < -0.4 is 23.0 Å². The predicted molar refractivity (Wildman–Crippen MR) is 122 cm³/mol. The highest BCUT2D eigenvalue weighted by Gasteiger charge is 2.15. The second-order valence-corrected chi connectivity index (χ2v) is 5.39. The topological polar surface area (TPSA) is 184 Å². The highest BCUT2D eigenvalue weighted by molar-refractivity contribution is 5.77. The summed E-state index contributed by atoms with van der Waals surface area (Å²) in [6.45, 7) is 12.2. The van der Waals surface area contributed by atoms with E-state index >= 15 is 0 Å². The number of carbonyl (C=O) groups excluding carboxylic acids is 1. The summed E-state index contributed by atoms with van der Waals surface area (Å²) in [5, 5.41) is 14.3. The number of carbonyl (C=O) groups is 1. The van der Waals surface area contributed by atoms with E-state index < -0.39 is 0 Å². The van der Waals surface area contributed by atoms with Crippen molar-refractivity contribution in [2.24, 2.45) is 33.6 Å². The monoisotopic (exact) mass is 404 g/mol. The lowest BCUT2D eigenvalue weighted by Crippen LogP contribution is -2.24. The molecule has 2 atom stereocenters. The predicted octanol–water partition coefficient (Wildman–Crippen LogP) is 1.42. The number of nitrogens with two attached hydrogens (primary N) is 3. The van der Waals surface area contributed by atoms with Crippen molar-refractivity contribution in [1.82, 2.24) is 5.43 Å². The van der Waals surface area contributed by atoms with Gasteiger partial charge in [0.15, 0.2) is 0 Å². The summed E-state index contributed by atoms with van der Waals surface area (Å²) in [6, 6.07) is 0.593. The number of aliphatic hydroxyl groups is 1. The van der Waals surface area contributed by atoms with E-state index in [1.165, 1.54) is 6.42 Å². The molecule has 0 radical (unpaired) electrons. The van der Waals surface area contributed by atoms with Crippen LogP contribution in [-0.2, 0) is 4.79 Å². The zero-order chi connectivity index (χ0) is 22.1. The number of aliphatic hydroxyl groups excluding tert-OH is 1. The second-order valence-electron chi connectivity index (χ2n) is 5.39. The van der Waals surface area contributed by atoms with E-state index in [9.17, 15) is 4.79 Å². The molecule has 0 aromatic rings. The molecule has 0 aliphatic carbocycles. The van der Waals surface area contributed by atoms with Gasteiger partial charge in [0.25, 0.3) is 0 Å². The molecule has 1 heterocycles. The SMILES string of the molecule is CC/C=C(C)/C=N\N.CC/C=C(\C)C=O.CCC1NN=CC1C.CO.NN.O. The summed E-state index contributed by atoms with van der Waals surface area (Å²) < 4.78 is 0. The fraction of sp³-hybridized carbons (Fsp3) is 0.632. The zero-order valence-corrected chi connectivity index (χ0v) is 18.6. The van der Waals surface area contributed by atoms with E-state index in [4.69, 9.17) is 10.9 Å². The molecule has 0 saturated carbocycles. The van der Waals surface area contributed by atoms with Crippen LogP contribution in [0.4, 0.5) is 0 Å². The van der Waals surface area contributed by atoms with Crippen LogP contribution in [0, 0.1) is 5.92 Å². The molecule has 0 saturated heterocycles. The van der Waals surface area contributed by atoms with Crippen molar-refractivity contribution in [2.75, 3.05) is 7.11 Å². The molecular weight excluding hydrogens is 360 g/mol. The third kappa shape index (κ3) is 28.7. The van der Waals surface area contributed by atoms with Gasteiger partial charge in [-0.05, 0) is 44.3 Å². The summed E-state index contributed by atoms with van der Waals surface area (Å²) in [5.41, 5.74) is 4.97. The van der Waals surface area contributed by atoms with Crippen LogP contribution in [0.5, 0.6) is 0 Å². The first-order valence-corrected chi connectivity index (χ1v) is 9.05. The first kappa shape index (κ1) is 36.8. The third-order valence-corrected chi connectivity index (χ3v) is 3.14. The summed E-state index contributed by atoms with van der Waals surface area (Å²) in [7, 11) is 1.00. The Bertz CT molecular complexity index is 424. The van der Waals surface area contributed by atoms with E-state index in [1.807, 2.05) is 26.1 Å². The molecule has 0 fully saturated rings. The zero-order valence-electron chi connectivity index (χ0n) is 18.6. The molecular formula is C19H44N6O3. The Kier molecular flexibility index (Phi) is 42.8. The van der Waals surface area contributed by atoms with Crippen LogP contribution in [0.25, 0.3) is 0 Å². The van der Waals surface area contributed by atoms with Gasteiger partial charge in [-0.15, -0.1) is 0 Å². The Hall–Kier alpha value is -2.07. The van der Waals surface area contributed by atoms with E-state index in [0.717, 1.165) is 37.4 Å². The lowest BCUT2D eigenvalue weighted by atomic mass is 10.0. The van der Waals surface area contributed by atoms with Gasteiger partial charge in [0.05, 0.1) is 6.04 Å². The number of nitrogens with zero attached hydrogens (tertiary/aromatic N) is 2. The Balaban J connectivity index is -0.0000000853. The van der Waals surface area contributed by atoms with Gasteiger partial charge in [0.2, 0.25) is 0 Å². The Morgan fingerprint density at radius 2 is 1.61 bits per heavy atom. The Labute approximate surface area is 171 Å². The fourth-order valence-electron chi connectivity index (χ4n) is 1.80. The molecule has 10 N–H and O–H groups in total. The molecule has 0 aromatic heterocycles. The van der Waals surface area contributed by atoms with Crippen molar-refractivity contribution < 1.29 is 15.4 Å². The highest BCUT2D eigenvalue weighted by atomic mass is 16.2. The summed E-state index contributed by atoms with van der Waals surface area (Å²) in [5.74, 6) is 13.5. The number of rotatable bonds is 5. The summed E-state index contributed by atoms with van der Waals surface area (Å²) in [6.07, 6.45) is 11.6. The van der Waals surface area contributed by atoms with Crippen molar-refractivity contribution in [1.29, 1.82) is 0 Å². The molecule has 9 heteroatoms. The van der Waals surface area contributed by atoms with Crippen LogP contribution in [0.3, 0.4) is 0 Å². The van der Waals surface area contributed by atoms with Gasteiger partial charge in [-0.2, -0.15) is 10.2 Å². The van der Waals surface area contributed by atoms with Crippen LogP contribution in [-0.4, -0.2) is 42.4 Å². The van der Waals surface area contributed by atoms with E-state index in [0.29, 0.717) is 12.0 Å². The van der Waals surface area contributed by atoms with Gasteiger partial charge in [-0.1, -0.05) is 39.8 Å². The molecule has 0 aromatic carbocycles. The Morgan fingerprint density at radius 3 is 1.82 bits per heavy atom. The third-order valence-electron chi connectivity index (χ3n) is 3.14. The maximum Gasteiger partial charge on any atom is 0.145 e. The number of hydrazone groups is 2. The molecule has 2 unspecified atom stereocenters. The molecule has 1 rings (SSSR count). The number of hydrogen-bond acceptors (Lipinski definition) is 8.